The summed E-state index contributed by atoms with van der Waals surface area (Å²) in [6.07, 6.45) is 7.50. The third kappa shape index (κ3) is 2.40. The van der Waals surface area contributed by atoms with Gasteiger partial charge in [-0.05, 0) is 38.1 Å². The smallest absolute Gasteiger partial charge is 0.227 e. The number of carbonyl (C=O) groups is 1. The highest BCUT2D eigenvalue weighted by atomic mass is 16.3. The maximum Gasteiger partial charge on any atom is 0.227 e. The van der Waals surface area contributed by atoms with Crippen molar-refractivity contribution in [3.8, 4) is 0 Å². The summed E-state index contributed by atoms with van der Waals surface area (Å²) in [7, 11) is 0. The van der Waals surface area contributed by atoms with E-state index in [2.05, 4.69) is 10.6 Å². The van der Waals surface area contributed by atoms with Gasteiger partial charge in [-0.1, -0.05) is 19.3 Å². The van der Waals surface area contributed by atoms with Crippen LogP contribution < -0.4 is 10.6 Å². The van der Waals surface area contributed by atoms with E-state index in [1.807, 2.05) is 0 Å². The van der Waals surface area contributed by atoms with Crippen molar-refractivity contribution >= 4 is 5.91 Å². The molecule has 2 saturated carbocycles. The summed E-state index contributed by atoms with van der Waals surface area (Å²) in [5.41, 5.74) is -0.151. The van der Waals surface area contributed by atoms with E-state index in [9.17, 15) is 9.90 Å². The second-order valence-electron chi connectivity index (χ2n) is 6.70. The van der Waals surface area contributed by atoms with Crippen LogP contribution in [0.3, 0.4) is 0 Å². The summed E-state index contributed by atoms with van der Waals surface area (Å²) in [4.78, 5) is 12.6. The van der Waals surface area contributed by atoms with E-state index in [1.165, 1.54) is 19.3 Å². The van der Waals surface area contributed by atoms with Gasteiger partial charge in [-0.2, -0.15) is 0 Å². The molecular weight excluding hydrogens is 240 g/mol. The molecule has 4 nitrogen and oxygen atoms in total. The molecule has 0 bridgehead atoms. The largest absolute Gasteiger partial charge is 0.393 e. The van der Waals surface area contributed by atoms with Gasteiger partial charge in [-0.3, -0.25) is 4.79 Å². The molecule has 0 aromatic heterocycles. The number of aliphatic hydroxyl groups is 1. The van der Waals surface area contributed by atoms with Crippen LogP contribution in [0.4, 0.5) is 0 Å². The van der Waals surface area contributed by atoms with Crippen molar-refractivity contribution in [1.29, 1.82) is 0 Å². The average Bonchev–Trinajstić information content (AvgIpc) is 3.02. The van der Waals surface area contributed by atoms with Crippen LogP contribution in [0.1, 0.15) is 44.9 Å². The molecule has 3 aliphatic rings. The fourth-order valence-corrected chi connectivity index (χ4v) is 4.35. The maximum atomic E-state index is 12.6. The number of nitrogens with one attached hydrogen (secondary N) is 2. The van der Waals surface area contributed by atoms with Crippen molar-refractivity contribution in [2.45, 2.75) is 51.0 Å². The van der Waals surface area contributed by atoms with E-state index < -0.39 is 0 Å². The third-order valence-corrected chi connectivity index (χ3v) is 5.63. The second-order valence-corrected chi connectivity index (χ2v) is 6.70. The minimum Gasteiger partial charge on any atom is -0.393 e. The van der Waals surface area contributed by atoms with Gasteiger partial charge in [0, 0.05) is 19.0 Å². The molecule has 3 N–H and O–H groups in total. The van der Waals surface area contributed by atoms with E-state index >= 15 is 0 Å². The average molecular weight is 266 g/mol. The van der Waals surface area contributed by atoms with Crippen LogP contribution in [-0.2, 0) is 4.79 Å². The molecule has 0 aromatic rings. The number of aliphatic hydroxyl groups excluding tert-OH is 1. The van der Waals surface area contributed by atoms with E-state index in [-0.39, 0.29) is 23.3 Å². The highest BCUT2D eigenvalue weighted by Crippen LogP contribution is 2.44. The van der Waals surface area contributed by atoms with Crippen molar-refractivity contribution in [2.24, 2.45) is 17.3 Å². The summed E-state index contributed by atoms with van der Waals surface area (Å²) in [5, 5.41) is 16.4. The summed E-state index contributed by atoms with van der Waals surface area (Å²) in [6.45, 7) is 2.50. The quantitative estimate of drug-likeness (QED) is 0.715. The monoisotopic (exact) mass is 266 g/mol. The zero-order chi connectivity index (χ0) is 13.3. The molecule has 4 heteroatoms. The zero-order valence-electron chi connectivity index (χ0n) is 11.7. The van der Waals surface area contributed by atoms with Crippen LogP contribution in [0.15, 0.2) is 0 Å². The standard InChI is InChI=1S/C15H26N2O2/c18-13-6-3-4-11(13)8-17-14(19)15-7-2-1-5-12(15)9-16-10-15/h11-13,16,18H,1-10H2,(H,17,19)/t11?,12-,13?,15+/m0/s1. The normalized spacial score (nSPS) is 42.1. The van der Waals surface area contributed by atoms with Gasteiger partial charge in [0.05, 0.1) is 11.5 Å². The van der Waals surface area contributed by atoms with Crippen LogP contribution in [0.5, 0.6) is 0 Å². The van der Waals surface area contributed by atoms with Crippen LogP contribution in [0.2, 0.25) is 0 Å². The van der Waals surface area contributed by atoms with Crippen molar-refractivity contribution < 1.29 is 9.90 Å². The second kappa shape index (κ2) is 5.41. The SMILES string of the molecule is O=C(NCC1CCCC1O)[C@@]12CCCC[C@H]1CNC2. The van der Waals surface area contributed by atoms with Crippen LogP contribution in [0, 0.1) is 17.3 Å². The van der Waals surface area contributed by atoms with Crippen LogP contribution in [0.25, 0.3) is 0 Å². The van der Waals surface area contributed by atoms with Gasteiger partial charge in [0.25, 0.3) is 0 Å². The summed E-state index contributed by atoms with van der Waals surface area (Å²) >= 11 is 0. The van der Waals surface area contributed by atoms with Crippen molar-refractivity contribution in [3.05, 3.63) is 0 Å². The molecule has 1 amide bonds. The molecule has 1 heterocycles. The number of carbonyl (C=O) groups excluding carboxylic acids is 1. The van der Waals surface area contributed by atoms with Crippen LogP contribution in [-0.4, -0.2) is 36.8 Å². The van der Waals surface area contributed by atoms with Gasteiger partial charge in [0.2, 0.25) is 5.91 Å². The maximum absolute atomic E-state index is 12.6. The van der Waals surface area contributed by atoms with Gasteiger partial charge in [-0.15, -0.1) is 0 Å². The molecule has 0 radical (unpaired) electrons. The first-order valence-corrected chi connectivity index (χ1v) is 7.89. The first kappa shape index (κ1) is 13.4. The fraction of sp³-hybridized carbons (Fsp3) is 0.933. The number of fused-ring (bicyclic) bond motifs is 1. The molecule has 4 atom stereocenters. The predicted octanol–water partition coefficient (Wildman–Crippen LogP) is 1.04. The lowest BCUT2D eigenvalue weighted by Crippen LogP contribution is -2.49. The molecule has 3 rings (SSSR count). The lowest BCUT2D eigenvalue weighted by Gasteiger charge is -2.37. The van der Waals surface area contributed by atoms with Gasteiger partial charge < -0.3 is 15.7 Å². The Morgan fingerprint density at radius 3 is 2.95 bits per heavy atom. The van der Waals surface area contributed by atoms with Gasteiger partial charge >= 0.3 is 0 Å². The summed E-state index contributed by atoms with van der Waals surface area (Å²) < 4.78 is 0. The van der Waals surface area contributed by atoms with Crippen molar-refractivity contribution in [3.63, 3.8) is 0 Å². The van der Waals surface area contributed by atoms with Gasteiger partial charge in [-0.25, -0.2) is 0 Å². The minimum absolute atomic E-state index is 0.151. The first-order chi connectivity index (χ1) is 9.22. The Morgan fingerprint density at radius 2 is 2.16 bits per heavy atom. The summed E-state index contributed by atoms with van der Waals surface area (Å²) in [6, 6.07) is 0. The molecule has 108 valence electrons. The molecule has 3 fully saturated rings. The first-order valence-electron chi connectivity index (χ1n) is 7.89. The summed E-state index contributed by atoms with van der Waals surface area (Å²) in [5.74, 6) is 1.04. The molecule has 0 aromatic carbocycles. The Kier molecular flexibility index (Phi) is 3.81. The van der Waals surface area contributed by atoms with E-state index in [1.54, 1.807) is 0 Å². The van der Waals surface area contributed by atoms with Gasteiger partial charge in [0.1, 0.15) is 0 Å². The predicted molar refractivity (Wildman–Crippen MR) is 73.6 cm³/mol. The van der Waals surface area contributed by atoms with E-state index in [4.69, 9.17) is 0 Å². The topological polar surface area (TPSA) is 61.4 Å². The highest BCUT2D eigenvalue weighted by molar-refractivity contribution is 5.83. The van der Waals surface area contributed by atoms with Crippen LogP contribution >= 0.6 is 0 Å². The number of rotatable bonds is 3. The molecule has 0 spiro atoms. The van der Waals surface area contributed by atoms with E-state index in [0.29, 0.717) is 12.5 Å². The Labute approximate surface area is 115 Å². The molecule has 2 unspecified atom stereocenters. The molecule has 2 aliphatic carbocycles. The Bertz CT molecular complexity index is 347. The third-order valence-electron chi connectivity index (χ3n) is 5.63. The molecular formula is C15H26N2O2. The number of hydrogen-bond donors (Lipinski definition) is 3. The molecule has 19 heavy (non-hydrogen) atoms. The number of hydrogen-bond acceptors (Lipinski definition) is 3. The lowest BCUT2D eigenvalue weighted by molar-refractivity contribution is -0.134. The van der Waals surface area contributed by atoms with E-state index in [0.717, 1.165) is 38.8 Å². The lowest BCUT2D eigenvalue weighted by atomic mass is 9.67. The van der Waals surface area contributed by atoms with Crippen molar-refractivity contribution in [2.75, 3.05) is 19.6 Å². The van der Waals surface area contributed by atoms with Crippen molar-refractivity contribution in [1.82, 2.24) is 10.6 Å². The molecule has 1 saturated heterocycles. The number of amides is 1. The zero-order valence-corrected chi connectivity index (χ0v) is 11.7. The fourth-order valence-electron chi connectivity index (χ4n) is 4.35. The Hall–Kier alpha value is -0.610. The molecule has 1 aliphatic heterocycles. The Balaban J connectivity index is 1.59. The van der Waals surface area contributed by atoms with Gasteiger partial charge in [0.15, 0.2) is 0 Å². The highest BCUT2D eigenvalue weighted by Gasteiger charge is 2.49. The Morgan fingerprint density at radius 1 is 1.26 bits per heavy atom. The minimum atomic E-state index is -0.207.